The fraction of sp³-hybridized carbons (Fsp3) is 0.400. The molecule has 106 valence electrons. The lowest BCUT2D eigenvalue weighted by atomic mass is 10.2. The van der Waals surface area contributed by atoms with Crippen molar-refractivity contribution < 1.29 is 9.47 Å². The van der Waals surface area contributed by atoms with Crippen molar-refractivity contribution in [3.63, 3.8) is 0 Å². The first kappa shape index (κ1) is 13.4. The van der Waals surface area contributed by atoms with E-state index in [-0.39, 0.29) is 0 Å². The molecule has 0 aliphatic heterocycles. The summed E-state index contributed by atoms with van der Waals surface area (Å²) in [6.45, 7) is 0.841. The number of benzene rings is 1. The van der Waals surface area contributed by atoms with Crippen molar-refractivity contribution in [2.24, 2.45) is 0 Å². The van der Waals surface area contributed by atoms with E-state index < -0.39 is 0 Å². The van der Waals surface area contributed by atoms with Crippen LogP contribution < -0.4 is 14.8 Å². The highest BCUT2D eigenvalue weighted by Crippen LogP contribution is 2.38. The van der Waals surface area contributed by atoms with Crippen LogP contribution in [0.4, 0.5) is 0 Å². The van der Waals surface area contributed by atoms with Gasteiger partial charge < -0.3 is 14.8 Å². The summed E-state index contributed by atoms with van der Waals surface area (Å²) in [5.41, 5.74) is 2.07. The molecule has 5 heteroatoms. The molecule has 1 aromatic heterocycles. The van der Waals surface area contributed by atoms with E-state index in [1.807, 2.05) is 18.2 Å². The first-order chi connectivity index (χ1) is 9.81. The molecule has 1 saturated carbocycles. The summed E-state index contributed by atoms with van der Waals surface area (Å²) in [5.74, 6) is 1.48. The number of thiazole rings is 1. The van der Waals surface area contributed by atoms with Crippen LogP contribution in [0.3, 0.4) is 0 Å². The Bertz CT molecular complexity index is 593. The molecule has 0 radical (unpaired) electrons. The molecular formula is C15H18N2O2S. The third-order valence-corrected chi connectivity index (χ3v) is 4.26. The van der Waals surface area contributed by atoms with Crippen molar-refractivity contribution in [3.8, 4) is 22.1 Å². The molecule has 1 heterocycles. The molecule has 0 atom stereocenters. The van der Waals surface area contributed by atoms with Gasteiger partial charge in [0.15, 0.2) is 11.5 Å². The van der Waals surface area contributed by atoms with Gasteiger partial charge in [-0.15, -0.1) is 11.3 Å². The summed E-state index contributed by atoms with van der Waals surface area (Å²) in [6.07, 6.45) is 2.58. The Morgan fingerprint density at radius 3 is 2.85 bits per heavy atom. The molecule has 1 aromatic carbocycles. The molecule has 20 heavy (non-hydrogen) atoms. The highest BCUT2D eigenvalue weighted by Gasteiger charge is 2.21. The predicted octanol–water partition coefficient (Wildman–Crippen LogP) is 3.08. The van der Waals surface area contributed by atoms with Crippen LogP contribution in [0.15, 0.2) is 23.6 Å². The SMILES string of the molecule is COc1cccc(-c2nc(CNC3CC3)cs2)c1OC. The van der Waals surface area contributed by atoms with E-state index in [0.717, 1.165) is 34.3 Å². The molecule has 4 nitrogen and oxygen atoms in total. The van der Waals surface area contributed by atoms with Crippen LogP contribution in [0.2, 0.25) is 0 Å². The fourth-order valence-corrected chi connectivity index (χ4v) is 2.95. The zero-order valence-corrected chi connectivity index (χ0v) is 12.5. The highest BCUT2D eigenvalue weighted by molar-refractivity contribution is 7.13. The number of para-hydroxylation sites is 1. The largest absolute Gasteiger partial charge is 0.493 e. The molecule has 0 spiro atoms. The number of ether oxygens (including phenoxy) is 2. The summed E-state index contributed by atoms with van der Waals surface area (Å²) in [5, 5.41) is 6.54. The lowest BCUT2D eigenvalue weighted by Crippen LogP contribution is -2.15. The quantitative estimate of drug-likeness (QED) is 0.888. The van der Waals surface area contributed by atoms with E-state index in [2.05, 4.69) is 15.7 Å². The monoisotopic (exact) mass is 290 g/mol. The van der Waals surface area contributed by atoms with E-state index >= 15 is 0 Å². The summed E-state index contributed by atoms with van der Waals surface area (Å²) in [6, 6.07) is 6.57. The molecule has 0 saturated heterocycles. The van der Waals surface area contributed by atoms with Gasteiger partial charge in [0.1, 0.15) is 5.01 Å². The maximum atomic E-state index is 5.47. The normalized spacial score (nSPS) is 14.3. The first-order valence-electron chi connectivity index (χ1n) is 6.71. The second-order valence-corrected chi connectivity index (χ2v) is 5.70. The number of rotatable bonds is 6. The van der Waals surface area contributed by atoms with Crippen molar-refractivity contribution in [2.45, 2.75) is 25.4 Å². The molecule has 1 aliphatic carbocycles. The third-order valence-electron chi connectivity index (χ3n) is 3.33. The average molecular weight is 290 g/mol. The number of hydrogen-bond donors (Lipinski definition) is 1. The summed E-state index contributed by atoms with van der Waals surface area (Å²) in [4.78, 5) is 4.68. The molecule has 3 rings (SSSR count). The van der Waals surface area contributed by atoms with Gasteiger partial charge in [-0.3, -0.25) is 0 Å². The maximum absolute atomic E-state index is 5.47. The van der Waals surface area contributed by atoms with Crippen LogP contribution in [0, 0.1) is 0 Å². The summed E-state index contributed by atoms with van der Waals surface area (Å²) < 4.78 is 10.8. The summed E-state index contributed by atoms with van der Waals surface area (Å²) >= 11 is 1.64. The van der Waals surface area contributed by atoms with Crippen LogP contribution in [-0.4, -0.2) is 25.2 Å². The Balaban J connectivity index is 1.84. The fourth-order valence-electron chi connectivity index (χ4n) is 2.10. The molecule has 2 aromatic rings. The number of methoxy groups -OCH3 is 2. The molecule has 1 fully saturated rings. The lowest BCUT2D eigenvalue weighted by Gasteiger charge is -2.10. The maximum Gasteiger partial charge on any atom is 0.170 e. The van der Waals surface area contributed by atoms with E-state index in [1.165, 1.54) is 12.8 Å². The second-order valence-electron chi connectivity index (χ2n) is 4.84. The van der Waals surface area contributed by atoms with Gasteiger partial charge >= 0.3 is 0 Å². The Morgan fingerprint density at radius 1 is 1.30 bits per heavy atom. The minimum absolute atomic E-state index is 0.700. The predicted molar refractivity (Wildman–Crippen MR) is 80.5 cm³/mol. The highest BCUT2D eigenvalue weighted by atomic mass is 32.1. The Labute approximate surface area is 122 Å². The average Bonchev–Trinajstić information content (AvgIpc) is 3.21. The van der Waals surface area contributed by atoms with E-state index in [9.17, 15) is 0 Å². The van der Waals surface area contributed by atoms with Gasteiger partial charge in [0.2, 0.25) is 0 Å². The van der Waals surface area contributed by atoms with Crippen LogP contribution in [0.5, 0.6) is 11.5 Å². The zero-order chi connectivity index (χ0) is 13.9. The van der Waals surface area contributed by atoms with Gasteiger partial charge in [0.25, 0.3) is 0 Å². The first-order valence-corrected chi connectivity index (χ1v) is 7.59. The molecule has 1 aliphatic rings. The number of hydrogen-bond acceptors (Lipinski definition) is 5. The van der Waals surface area contributed by atoms with Crippen LogP contribution in [0.1, 0.15) is 18.5 Å². The Kier molecular flexibility index (Phi) is 3.89. The Hall–Kier alpha value is -1.59. The van der Waals surface area contributed by atoms with Crippen LogP contribution in [0.25, 0.3) is 10.6 Å². The van der Waals surface area contributed by atoms with E-state index in [4.69, 9.17) is 9.47 Å². The van der Waals surface area contributed by atoms with Crippen molar-refractivity contribution >= 4 is 11.3 Å². The van der Waals surface area contributed by atoms with Gasteiger partial charge in [-0.2, -0.15) is 0 Å². The van der Waals surface area contributed by atoms with Crippen LogP contribution >= 0.6 is 11.3 Å². The second kappa shape index (κ2) is 5.81. The number of nitrogens with zero attached hydrogens (tertiary/aromatic N) is 1. The van der Waals surface area contributed by atoms with Gasteiger partial charge in [-0.05, 0) is 25.0 Å². The van der Waals surface area contributed by atoms with Crippen molar-refractivity contribution in [1.29, 1.82) is 0 Å². The topological polar surface area (TPSA) is 43.4 Å². The summed E-state index contributed by atoms with van der Waals surface area (Å²) in [7, 11) is 3.30. The standard InChI is InChI=1S/C15H18N2O2S/c1-18-13-5-3-4-12(14(13)19-2)15-17-11(9-20-15)8-16-10-6-7-10/h3-5,9-10,16H,6-8H2,1-2H3. The van der Waals surface area contributed by atoms with Gasteiger partial charge in [0, 0.05) is 18.0 Å². The smallest absolute Gasteiger partial charge is 0.170 e. The molecule has 1 N–H and O–H groups in total. The molecular weight excluding hydrogens is 272 g/mol. The van der Waals surface area contributed by atoms with Crippen molar-refractivity contribution in [2.75, 3.05) is 14.2 Å². The number of nitrogens with one attached hydrogen (secondary N) is 1. The number of aromatic nitrogens is 1. The van der Waals surface area contributed by atoms with Crippen molar-refractivity contribution in [3.05, 3.63) is 29.3 Å². The molecule has 0 amide bonds. The lowest BCUT2D eigenvalue weighted by molar-refractivity contribution is 0.356. The zero-order valence-electron chi connectivity index (χ0n) is 11.7. The van der Waals surface area contributed by atoms with Crippen molar-refractivity contribution in [1.82, 2.24) is 10.3 Å². The van der Waals surface area contributed by atoms with E-state index in [1.54, 1.807) is 25.6 Å². The Morgan fingerprint density at radius 2 is 2.15 bits per heavy atom. The van der Waals surface area contributed by atoms with Crippen LogP contribution in [-0.2, 0) is 6.54 Å². The van der Waals surface area contributed by atoms with Gasteiger partial charge in [-0.25, -0.2) is 4.98 Å². The van der Waals surface area contributed by atoms with Gasteiger partial charge in [-0.1, -0.05) is 6.07 Å². The third kappa shape index (κ3) is 2.78. The molecule has 0 unspecified atom stereocenters. The minimum atomic E-state index is 0.700. The van der Waals surface area contributed by atoms with Gasteiger partial charge in [0.05, 0.1) is 25.5 Å². The minimum Gasteiger partial charge on any atom is -0.493 e. The molecule has 0 bridgehead atoms. The van der Waals surface area contributed by atoms with E-state index in [0.29, 0.717) is 6.04 Å².